The molecule has 0 aliphatic carbocycles. The van der Waals surface area contributed by atoms with Gasteiger partial charge in [0.2, 0.25) is 0 Å². The highest BCUT2D eigenvalue weighted by Gasteiger charge is 2.45. The summed E-state index contributed by atoms with van der Waals surface area (Å²) in [6.07, 6.45) is 1.19. The van der Waals surface area contributed by atoms with Gasteiger partial charge in [0.1, 0.15) is 17.5 Å². The minimum absolute atomic E-state index is 0. The van der Waals surface area contributed by atoms with Crippen LogP contribution in [-0.4, -0.2) is 38.7 Å². The molecule has 5 rings (SSSR count). The first kappa shape index (κ1) is 22.2. The lowest BCUT2D eigenvalue weighted by atomic mass is 9.86. The van der Waals surface area contributed by atoms with E-state index in [1.807, 2.05) is 41.0 Å². The molecule has 0 saturated carbocycles. The zero-order valence-corrected chi connectivity index (χ0v) is 19.3. The van der Waals surface area contributed by atoms with E-state index in [1.165, 1.54) is 0 Å². The number of aliphatic hydroxyl groups is 2. The van der Waals surface area contributed by atoms with E-state index in [1.54, 1.807) is 36.9 Å². The Morgan fingerprint density at radius 1 is 1.18 bits per heavy atom. The van der Waals surface area contributed by atoms with E-state index in [0.29, 0.717) is 48.3 Å². The Kier molecular flexibility index (Phi) is 5.23. The molecule has 1 fully saturated rings. The third-order valence-corrected chi connectivity index (χ3v) is 6.91. The van der Waals surface area contributed by atoms with Crippen LogP contribution in [0.4, 0.5) is 0 Å². The lowest BCUT2D eigenvalue weighted by Gasteiger charge is -2.45. The van der Waals surface area contributed by atoms with Gasteiger partial charge in [0.25, 0.3) is 5.91 Å². The Bertz CT molecular complexity index is 1310. The fourth-order valence-corrected chi connectivity index (χ4v) is 5.20. The Labute approximate surface area is 199 Å². The number of rotatable bonds is 3. The van der Waals surface area contributed by atoms with Crippen molar-refractivity contribution in [1.82, 2.24) is 9.47 Å². The predicted molar refractivity (Wildman–Crippen MR) is 128 cm³/mol. The van der Waals surface area contributed by atoms with Crippen molar-refractivity contribution >= 4 is 5.91 Å². The van der Waals surface area contributed by atoms with Gasteiger partial charge in [0, 0.05) is 32.9 Å². The molecular weight excluding hydrogens is 430 g/mol. The normalized spacial score (nSPS) is 16.4. The second-order valence-electron chi connectivity index (χ2n) is 9.50. The number of nitrogens with zero attached hydrogens (tertiary/aromatic N) is 3. The van der Waals surface area contributed by atoms with Crippen LogP contribution < -0.4 is 4.74 Å². The maximum Gasteiger partial charge on any atom is 0.253 e. The number of piperidine rings is 1. The van der Waals surface area contributed by atoms with Crippen LogP contribution >= 0.6 is 0 Å². The number of carbonyl (C=O) groups is 1. The minimum atomic E-state index is -1.11. The monoisotopic (exact) mass is 459 g/mol. The number of fused-ring (bicyclic) bond motifs is 4. The van der Waals surface area contributed by atoms with Gasteiger partial charge in [0.05, 0.1) is 23.6 Å². The molecule has 1 saturated heterocycles. The molecule has 2 N–H and O–H groups in total. The van der Waals surface area contributed by atoms with E-state index < -0.39 is 11.2 Å². The fourth-order valence-electron chi connectivity index (χ4n) is 5.20. The summed E-state index contributed by atoms with van der Waals surface area (Å²) in [7, 11) is 0. The standard InChI is InChI=1S/C27H27N3O4.H2/c1-26(2,33)21-9-7-18(15-19(21)17-31)25(32)29-13-11-27(12-14-29)24-10-8-20(16-28)30(24)22-5-3-4-6-23(22)34-27;/h3-10,15,31,33H,11-14,17H2,1-2H3;1H. The van der Waals surface area contributed by atoms with Gasteiger partial charge < -0.3 is 19.8 Å². The van der Waals surface area contributed by atoms with Crippen LogP contribution in [0.3, 0.4) is 0 Å². The van der Waals surface area contributed by atoms with Crippen molar-refractivity contribution in [2.45, 2.75) is 44.5 Å². The summed E-state index contributed by atoms with van der Waals surface area (Å²) < 4.78 is 8.51. The van der Waals surface area contributed by atoms with Crippen LogP contribution in [0.25, 0.3) is 5.69 Å². The summed E-state index contributed by atoms with van der Waals surface area (Å²) in [6, 6.07) is 18.8. The number of benzene rings is 2. The second-order valence-corrected chi connectivity index (χ2v) is 9.50. The molecule has 0 bridgehead atoms. The van der Waals surface area contributed by atoms with E-state index in [4.69, 9.17) is 4.74 Å². The van der Waals surface area contributed by atoms with E-state index in [0.717, 1.165) is 17.1 Å². The predicted octanol–water partition coefficient (Wildman–Crippen LogP) is 3.84. The highest BCUT2D eigenvalue weighted by molar-refractivity contribution is 5.94. The first-order valence-corrected chi connectivity index (χ1v) is 11.4. The molecule has 176 valence electrons. The minimum Gasteiger partial charge on any atom is -0.479 e. The van der Waals surface area contributed by atoms with Crippen LogP contribution in [-0.2, 0) is 17.8 Å². The summed E-state index contributed by atoms with van der Waals surface area (Å²) >= 11 is 0. The molecule has 34 heavy (non-hydrogen) atoms. The molecule has 3 aromatic rings. The Morgan fingerprint density at radius 2 is 1.91 bits per heavy atom. The molecule has 2 aliphatic rings. The first-order valence-electron chi connectivity index (χ1n) is 11.4. The largest absolute Gasteiger partial charge is 0.479 e. The van der Waals surface area contributed by atoms with Crippen molar-refractivity contribution < 1.29 is 21.2 Å². The number of carbonyl (C=O) groups excluding carboxylic acids is 1. The van der Waals surface area contributed by atoms with Gasteiger partial charge in [-0.2, -0.15) is 5.26 Å². The Balaban J connectivity index is 0.00000289. The zero-order valence-electron chi connectivity index (χ0n) is 19.3. The number of ether oxygens (including phenoxy) is 1. The van der Waals surface area contributed by atoms with Gasteiger partial charge in [-0.3, -0.25) is 9.36 Å². The molecule has 0 atom stereocenters. The average Bonchev–Trinajstić information content (AvgIpc) is 3.29. The third kappa shape index (κ3) is 3.47. The quantitative estimate of drug-likeness (QED) is 0.620. The molecule has 1 amide bonds. The van der Waals surface area contributed by atoms with Crippen LogP contribution in [0, 0.1) is 11.3 Å². The van der Waals surface area contributed by atoms with Gasteiger partial charge in [-0.25, -0.2) is 0 Å². The first-order chi connectivity index (χ1) is 16.3. The third-order valence-electron chi connectivity index (χ3n) is 6.91. The summed E-state index contributed by atoms with van der Waals surface area (Å²) in [5, 5.41) is 29.8. The molecule has 0 radical (unpaired) electrons. The van der Waals surface area contributed by atoms with Gasteiger partial charge in [-0.05, 0) is 61.4 Å². The smallest absolute Gasteiger partial charge is 0.253 e. The Morgan fingerprint density at radius 3 is 2.59 bits per heavy atom. The SMILES string of the molecule is CC(C)(O)c1ccc(C(=O)N2CCC3(CC2)Oc2ccccc2-n2c(C#N)ccc23)cc1CO.[HH]. The van der Waals surface area contributed by atoms with Crippen molar-refractivity contribution in [1.29, 1.82) is 5.26 Å². The molecule has 7 heteroatoms. The average molecular weight is 460 g/mol. The van der Waals surface area contributed by atoms with Crippen LogP contribution in [0.15, 0.2) is 54.6 Å². The van der Waals surface area contributed by atoms with Crippen molar-refractivity contribution in [2.24, 2.45) is 0 Å². The number of amides is 1. The lowest BCUT2D eigenvalue weighted by Crippen LogP contribution is -2.50. The number of hydrogen-bond acceptors (Lipinski definition) is 5. The molecule has 2 aliphatic heterocycles. The summed E-state index contributed by atoms with van der Waals surface area (Å²) in [5.41, 5.74) is 2.27. The molecule has 2 aromatic carbocycles. The van der Waals surface area contributed by atoms with Gasteiger partial charge >= 0.3 is 0 Å². The van der Waals surface area contributed by atoms with E-state index in [2.05, 4.69) is 6.07 Å². The molecule has 3 heterocycles. The van der Waals surface area contributed by atoms with Gasteiger partial charge in [0.15, 0.2) is 5.60 Å². The van der Waals surface area contributed by atoms with Crippen LogP contribution in [0.1, 0.15) is 61.0 Å². The maximum absolute atomic E-state index is 13.3. The van der Waals surface area contributed by atoms with E-state index >= 15 is 0 Å². The number of aromatic nitrogens is 1. The molecular formula is C27H29N3O4. The Hall–Kier alpha value is -3.60. The highest BCUT2D eigenvalue weighted by Crippen LogP contribution is 2.46. The maximum atomic E-state index is 13.3. The summed E-state index contributed by atoms with van der Waals surface area (Å²) in [4.78, 5) is 15.1. The van der Waals surface area contributed by atoms with Crippen molar-refractivity contribution in [3.63, 3.8) is 0 Å². The molecule has 0 unspecified atom stereocenters. The zero-order chi connectivity index (χ0) is 24.1. The topological polar surface area (TPSA) is 98.7 Å². The van der Waals surface area contributed by atoms with E-state index in [-0.39, 0.29) is 13.9 Å². The number of nitriles is 1. The number of hydrogen-bond donors (Lipinski definition) is 2. The summed E-state index contributed by atoms with van der Waals surface area (Å²) in [6.45, 7) is 4.05. The highest BCUT2D eigenvalue weighted by atomic mass is 16.5. The lowest BCUT2D eigenvalue weighted by molar-refractivity contribution is -0.00939. The summed E-state index contributed by atoms with van der Waals surface area (Å²) in [5.74, 6) is 0.619. The molecule has 1 aromatic heterocycles. The fraction of sp³-hybridized carbons (Fsp3) is 0.333. The van der Waals surface area contributed by atoms with E-state index in [9.17, 15) is 20.3 Å². The van der Waals surface area contributed by atoms with Crippen molar-refractivity contribution in [2.75, 3.05) is 13.1 Å². The number of para-hydroxylation sites is 2. The van der Waals surface area contributed by atoms with Gasteiger partial charge in [-0.15, -0.1) is 0 Å². The van der Waals surface area contributed by atoms with Crippen LogP contribution in [0.2, 0.25) is 0 Å². The van der Waals surface area contributed by atoms with Gasteiger partial charge in [-0.1, -0.05) is 18.2 Å². The van der Waals surface area contributed by atoms with Crippen molar-refractivity contribution in [3.8, 4) is 17.5 Å². The number of likely N-dealkylation sites (tertiary alicyclic amines) is 1. The second kappa shape index (κ2) is 8.01. The molecule has 1 spiro atoms. The van der Waals surface area contributed by atoms with Crippen LogP contribution in [0.5, 0.6) is 5.75 Å². The molecule has 7 nitrogen and oxygen atoms in total. The number of aliphatic hydroxyl groups excluding tert-OH is 1. The van der Waals surface area contributed by atoms with Crippen molar-refractivity contribution in [3.05, 3.63) is 82.7 Å².